The molecule has 0 saturated carbocycles. The number of methoxy groups -OCH3 is 2. The van der Waals surface area contributed by atoms with Crippen molar-refractivity contribution in [2.24, 2.45) is 0 Å². The summed E-state index contributed by atoms with van der Waals surface area (Å²) in [6, 6.07) is 3.93. The van der Waals surface area contributed by atoms with E-state index < -0.39 is 25.9 Å². The Bertz CT molecular complexity index is 877. The first-order chi connectivity index (χ1) is 12.8. The molecule has 3 rings (SSSR count). The summed E-state index contributed by atoms with van der Waals surface area (Å²) in [4.78, 5) is -0.0355. The summed E-state index contributed by atoms with van der Waals surface area (Å²) in [6.07, 6.45) is 1.66. The lowest BCUT2D eigenvalue weighted by molar-refractivity contribution is 0.0876. The van der Waals surface area contributed by atoms with Gasteiger partial charge in [0.2, 0.25) is 10.0 Å². The van der Waals surface area contributed by atoms with Gasteiger partial charge in [0.25, 0.3) is 0 Å². The lowest BCUT2D eigenvalue weighted by Crippen LogP contribution is -2.45. The molecule has 0 amide bonds. The molecule has 0 aliphatic carbocycles. The summed E-state index contributed by atoms with van der Waals surface area (Å²) in [5, 5.41) is 0. The number of hydrogen-bond acceptors (Lipinski definition) is 7. The van der Waals surface area contributed by atoms with Gasteiger partial charge < -0.3 is 14.2 Å². The molecule has 1 aromatic carbocycles. The van der Waals surface area contributed by atoms with Crippen molar-refractivity contribution in [3.8, 4) is 11.5 Å². The molecule has 0 spiro atoms. The fourth-order valence-corrected chi connectivity index (χ4v) is 7.23. The number of sulfone groups is 1. The maximum atomic E-state index is 13.5. The first-order valence-corrected chi connectivity index (χ1v) is 12.1. The first-order valence-electron chi connectivity index (χ1n) is 8.83. The third-order valence-electron chi connectivity index (χ3n) is 4.98. The highest BCUT2D eigenvalue weighted by atomic mass is 32.2. The molecule has 2 saturated heterocycles. The van der Waals surface area contributed by atoms with Gasteiger partial charge in [0, 0.05) is 25.3 Å². The molecule has 2 atom stereocenters. The van der Waals surface area contributed by atoms with Crippen LogP contribution in [0.25, 0.3) is 0 Å². The van der Waals surface area contributed by atoms with Crippen LogP contribution in [-0.4, -0.2) is 72.2 Å². The quantitative estimate of drug-likeness (QED) is 0.652. The monoisotopic (exact) mass is 419 g/mol. The molecule has 152 valence electrons. The van der Waals surface area contributed by atoms with Crippen molar-refractivity contribution in [2.75, 3.05) is 38.9 Å². The molecule has 2 fully saturated rings. The van der Waals surface area contributed by atoms with E-state index in [-0.39, 0.29) is 41.2 Å². The zero-order chi connectivity index (χ0) is 19.7. The van der Waals surface area contributed by atoms with Crippen molar-refractivity contribution in [2.45, 2.75) is 36.3 Å². The van der Waals surface area contributed by atoms with Crippen LogP contribution < -0.4 is 9.47 Å². The minimum atomic E-state index is -4.01. The molecule has 1 aromatic rings. The number of hydrogen-bond donors (Lipinski definition) is 0. The molecule has 2 aliphatic heterocycles. The molecule has 2 aliphatic rings. The highest BCUT2D eigenvalue weighted by molar-refractivity contribution is 7.92. The van der Waals surface area contributed by atoms with Gasteiger partial charge in [-0.15, -0.1) is 0 Å². The zero-order valence-electron chi connectivity index (χ0n) is 15.5. The Morgan fingerprint density at radius 2 is 2.00 bits per heavy atom. The number of benzene rings is 1. The third kappa shape index (κ3) is 4.39. The number of nitrogens with zero attached hydrogens (tertiary/aromatic N) is 1. The van der Waals surface area contributed by atoms with E-state index in [0.29, 0.717) is 12.4 Å². The second-order valence-electron chi connectivity index (χ2n) is 6.78. The summed E-state index contributed by atoms with van der Waals surface area (Å²) < 4.78 is 68.3. The van der Waals surface area contributed by atoms with Crippen LogP contribution in [0.1, 0.15) is 19.3 Å². The topological polar surface area (TPSA) is 99.2 Å². The van der Waals surface area contributed by atoms with Gasteiger partial charge in [-0.2, -0.15) is 4.31 Å². The Balaban J connectivity index is 2.01. The van der Waals surface area contributed by atoms with Crippen molar-refractivity contribution in [3.05, 3.63) is 18.2 Å². The van der Waals surface area contributed by atoms with Crippen LogP contribution in [0.2, 0.25) is 0 Å². The van der Waals surface area contributed by atoms with Gasteiger partial charge in [0.05, 0.1) is 31.8 Å². The molecule has 2 heterocycles. The Labute approximate surface area is 160 Å². The maximum absolute atomic E-state index is 13.5. The molecular formula is C17H25NO7S2. The molecule has 27 heavy (non-hydrogen) atoms. The van der Waals surface area contributed by atoms with Crippen LogP contribution in [0.15, 0.2) is 23.1 Å². The largest absolute Gasteiger partial charge is 0.497 e. The van der Waals surface area contributed by atoms with Crippen LogP contribution in [0.3, 0.4) is 0 Å². The molecular weight excluding hydrogens is 394 g/mol. The van der Waals surface area contributed by atoms with E-state index in [1.54, 1.807) is 6.07 Å². The number of rotatable bonds is 7. The van der Waals surface area contributed by atoms with Crippen LogP contribution in [0.4, 0.5) is 0 Å². The van der Waals surface area contributed by atoms with Gasteiger partial charge >= 0.3 is 0 Å². The number of sulfonamides is 1. The fourth-order valence-electron chi connectivity index (χ4n) is 3.55. The predicted octanol–water partition coefficient (Wildman–Crippen LogP) is 1.06. The molecule has 0 unspecified atom stereocenters. The lowest BCUT2D eigenvalue weighted by Gasteiger charge is -2.30. The fraction of sp³-hybridized carbons (Fsp3) is 0.647. The summed E-state index contributed by atoms with van der Waals surface area (Å²) in [5.74, 6) is 0.384. The maximum Gasteiger partial charge on any atom is 0.247 e. The summed E-state index contributed by atoms with van der Waals surface area (Å²) in [6.45, 7) is 0.715. The average Bonchev–Trinajstić information content (AvgIpc) is 3.27. The highest BCUT2D eigenvalue weighted by Crippen LogP contribution is 2.34. The van der Waals surface area contributed by atoms with Gasteiger partial charge in [-0.3, -0.25) is 0 Å². The summed E-state index contributed by atoms with van der Waals surface area (Å²) in [7, 11) is -4.42. The third-order valence-corrected chi connectivity index (χ3v) is 8.67. The molecule has 0 radical (unpaired) electrons. The molecule has 10 heteroatoms. The van der Waals surface area contributed by atoms with Crippen molar-refractivity contribution in [1.29, 1.82) is 0 Å². The second-order valence-corrected chi connectivity index (χ2v) is 10.9. The van der Waals surface area contributed by atoms with Gasteiger partial charge in [-0.05, 0) is 31.4 Å². The van der Waals surface area contributed by atoms with E-state index in [1.807, 2.05) is 0 Å². The minimum absolute atomic E-state index is 0.00947. The average molecular weight is 420 g/mol. The molecule has 0 N–H and O–H groups in total. The lowest BCUT2D eigenvalue weighted by atomic mass is 10.2. The molecule has 8 nitrogen and oxygen atoms in total. The van der Waals surface area contributed by atoms with Crippen molar-refractivity contribution in [1.82, 2.24) is 4.31 Å². The van der Waals surface area contributed by atoms with Crippen molar-refractivity contribution >= 4 is 19.9 Å². The second kappa shape index (κ2) is 7.94. The van der Waals surface area contributed by atoms with Gasteiger partial charge in [-0.25, -0.2) is 16.8 Å². The normalized spacial score (nSPS) is 25.0. The highest BCUT2D eigenvalue weighted by Gasteiger charge is 2.41. The van der Waals surface area contributed by atoms with Crippen molar-refractivity contribution < 1.29 is 31.0 Å². The SMILES string of the molecule is COc1ccc(OC)c(S(=O)(=O)N(C[C@@H]2CCCO2)[C@@H]2CCS(=O)(=O)C2)c1. The van der Waals surface area contributed by atoms with Crippen LogP contribution in [0.5, 0.6) is 11.5 Å². The van der Waals surface area contributed by atoms with Crippen molar-refractivity contribution in [3.63, 3.8) is 0 Å². The Hall–Kier alpha value is -1.36. The predicted molar refractivity (Wildman–Crippen MR) is 99.5 cm³/mol. The van der Waals surface area contributed by atoms with E-state index in [4.69, 9.17) is 14.2 Å². The standard InChI is InChI=1S/C17H25NO7S2/c1-23-14-5-6-16(24-2)17(10-14)27(21,22)18(11-15-4-3-8-25-15)13-7-9-26(19,20)12-13/h5-6,10,13,15H,3-4,7-9,11-12H2,1-2H3/t13-,15+/m1/s1. The van der Waals surface area contributed by atoms with Gasteiger partial charge in [-0.1, -0.05) is 0 Å². The Morgan fingerprint density at radius 1 is 1.22 bits per heavy atom. The van der Waals surface area contributed by atoms with E-state index in [9.17, 15) is 16.8 Å². The molecule has 0 bridgehead atoms. The van der Waals surface area contributed by atoms with E-state index in [0.717, 1.165) is 12.8 Å². The Kier molecular flexibility index (Phi) is 5.99. The number of ether oxygens (including phenoxy) is 3. The van der Waals surface area contributed by atoms with Crippen LogP contribution >= 0.6 is 0 Å². The smallest absolute Gasteiger partial charge is 0.247 e. The van der Waals surface area contributed by atoms with Gasteiger partial charge in [0.1, 0.15) is 16.4 Å². The van der Waals surface area contributed by atoms with E-state index in [1.165, 1.54) is 30.7 Å². The zero-order valence-corrected chi connectivity index (χ0v) is 17.1. The van der Waals surface area contributed by atoms with Crippen LogP contribution in [-0.2, 0) is 24.6 Å². The minimum Gasteiger partial charge on any atom is -0.497 e. The van der Waals surface area contributed by atoms with E-state index in [2.05, 4.69) is 0 Å². The Morgan fingerprint density at radius 3 is 2.56 bits per heavy atom. The van der Waals surface area contributed by atoms with E-state index >= 15 is 0 Å². The first kappa shape index (κ1) is 20.4. The summed E-state index contributed by atoms with van der Waals surface area (Å²) >= 11 is 0. The molecule has 0 aromatic heterocycles. The van der Waals surface area contributed by atoms with Crippen LogP contribution in [0, 0.1) is 0 Å². The summed E-state index contributed by atoms with van der Waals surface area (Å²) in [5.41, 5.74) is 0. The van der Waals surface area contributed by atoms with Gasteiger partial charge in [0.15, 0.2) is 9.84 Å².